The van der Waals surface area contributed by atoms with Gasteiger partial charge in [-0.25, -0.2) is 0 Å². The second-order valence-electron chi connectivity index (χ2n) is 5.89. The normalized spacial score (nSPS) is 11.2. The van der Waals surface area contributed by atoms with Gasteiger partial charge >= 0.3 is 5.97 Å². The van der Waals surface area contributed by atoms with Crippen molar-refractivity contribution in [3.8, 4) is 5.75 Å². The maximum absolute atomic E-state index is 11.6. The molecule has 0 radical (unpaired) electrons. The van der Waals surface area contributed by atoms with E-state index in [1.54, 1.807) is 0 Å². The third kappa shape index (κ3) is 2.23. The summed E-state index contributed by atoms with van der Waals surface area (Å²) in [7, 11) is 0. The quantitative estimate of drug-likeness (QED) is 0.268. The Labute approximate surface area is 134 Å². The van der Waals surface area contributed by atoms with Crippen LogP contribution in [0.25, 0.3) is 32.3 Å². The minimum absolute atomic E-state index is 0.299. The molecule has 0 unspecified atom stereocenters. The standard InChI is InChI=1S/C21H16O2/c1-13-6-5-8-16-11-20-17(12-19(13)16)10-15-7-3-4-9-18(15)21(20)23-14(2)22/h3-12H,1-2H3. The monoisotopic (exact) mass is 300 g/mol. The number of aryl methyl sites for hydroxylation is 1. The predicted molar refractivity (Wildman–Crippen MR) is 95.0 cm³/mol. The largest absolute Gasteiger partial charge is 0.425 e. The highest BCUT2D eigenvalue weighted by molar-refractivity contribution is 6.11. The van der Waals surface area contributed by atoms with Gasteiger partial charge in [0.25, 0.3) is 0 Å². The second kappa shape index (κ2) is 5.10. The fraction of sp³-hybridized carbons (Fsp3) is 0.0952. The Bertz CT molecular complexity index is 1080. The fourth-order valence-electron chi connectivity index (χ4n) is 3.21. The number of carbonyl (C=O) groups excluding carboxylic acids is 1. The summed E-state index contributed by atoms with van der Waals surface area (Å²) in [6.07, 6.45) is 0. The molecule has 0 spiro atoms. The summed E-state index contributed by atoms with van der Waals surface area (Å²) in [6, 6.07) is 20.7. The van der Waals surface area contributed by atoms with Crippen molar-refractivity contribution in [1.29, 1.82) is 0 Å². The highest BCUT2D eigenvalue weighted by Gasteiger charge is 2.12. The van der Waals surface area contributed by atoms with Crippen molar-refractivity contribution < 1.29 is 9.53 Å². The molecular formula is C21H16O2. The summed E-state index contributed by atoms with van der Waals surface area (Å²) >= 11 is 0. The molecule has 0 fully saturated rings. The summed E-state index contributed by atoms with van der Waals surface area (Å²) in [5.41, 5.74) is 1.24. The summed E-state index contributed by atoms with van der Waals surface area (Å²) in [6.45, 7) is 3.56. The van der Waals surface area contributed by atoms with Crippen molar-refractivity contribution in [3.63, 3.8) is 0 Å². The van der Waals surface area contributed by atoms with Gasteiger partial charge in [-0.2, -0.15) is 0 Å². The van der Waals surface area contributed by atoms with Crippen molar-refractivity contribution in [2.24, 2.45) is 0 Å². The molecule has 0 heterocycles. The minimum atomic E-state index is -0.299. The molecule has 2 heteroatoms. The van der Waals surface area contributed by atoms with Gasteiger partial charge in [0.15, 0.2) is 0 Å². The minimum Gasteiger partial charge on any atom is -0.425 e. The van der Waals surface area contributed by atoms with Crippen LogP contribution in [0.5, 0.6) is 5.75 Å². The van der Waals surface area contributed by atoms with Gasteiger partial charge in [-0.3, -0.25) is 4.79 Å². The number of fused-ring (bicyclic) bond motifs is 3. The molecule has 0 bridgehead atoms. The lowest BCUT2D eigenvalue weighted by Gasteiger charge is -2.12. The predicted octanol–water partition coefficient (Wildman–Crippen LogP) is 5.38. The highest BCUT2D eigenvalue weighted by Crippen LogP contribution is 2.37. The second-order valence-corrected chi connectivity index (χ2v) is 5.89. The molecule has 0 amide bonds. The van der Waals surface area contributed by atoms with E-state index >= 15 is 0 Å². The van der Waals surface area contributed by atoms with Gasteiger partial charge in [-0.15, -0.1) is 0 Å². The van der Waals surface area contributed by atoms with E-state index in [0.717, 1.165) is 26.9 Å². The Morgan fingerprint density at radius 2 is 1.48 bits per heavy atom. The van der Waals surface area contributed by atoms with Crippen LogP contribution in [-0.2, 0) is 4.79 Å². The van der Waals surface area contributed by atoms with Crippen LogP contribution in [0.15, 0.2) is 60.7 Å². The maximum Gasteiger partial charge on any atom is 0.308 e. The molecular weight excluding hydrogens is 284 g/mol. The average Bonchev–Trinajstić information content (AvgIpc) is 2.53. The van der Waals surface area contributed by atoms with E-state index in [-0.39, 0.29) is 5.97 Å². The van der Waals surface area contributed by atoms with Gasteiger partial charge in [0.05, 0.1) is 0 Å². The summed E-state index contributed by atoms with van der Waals surface area (Å²) in [5, 5.41) is 6.47. The van der Waals surface area contributed by atoms with Gasteiger partial charge in [0.1, 0.15) is 5.75 Å². The topological polar surface area (TPSA) is 26.3 Å². The molecule has 0 saturated heterocycles. The van der Waals surface area contributed by atoms with Gasteiger partial charge in [-0.05, 0) is 52.2 Å². The molecule has 0 N–H and O–H groups in total. The van der Waals surface area contributed by atoms with Crippen molar-refractivity contribution in [3.05, 3.63) is 66.2 Å². The van der Waals surface area contributed by atoms with E-state index in [2.05, 4.69) is 43.3 Å². The van der Waals surface area contributed by atoms with Gasteiger partial charge in [-0.1, -0.05) is 42.5 Å². The van der Waals surface area contributed by atoms with Crippen molar-refractivity contribution in [2.75, 3.05) is 0 Å². The number of esters is 1. The summed E-state index contributed by atoms with van der Waals surface area (Å²) < 4.78 is 5.58. The molecule has 112 valence electrons. The Morgan fingerprint density at radius 1 is 0.783 bits per heavy atom. The molecule has 4 aromatic rings. The molecule has 4 rings (SSSR count). The van der Waals surface area contributed by atoms with E-state index in [0.29, 0.717) is 5.75 Å². The Balaban J connectivity index is 2.19. The van der Waals surface area contributed by atoms with E-state index in [9.17, 15) is 4.79 Å². The zero-order valence-electron chi connectivity index (χ0n) is 13.1. The van der Waals surface area contributed by atoms with Crippen LogP contribution < -0.4 is 4.74 Å². The molecule has 0 aliphatic heterocycles. The third-order valence-corrected chi connectivity index (χ3v) is 4.28. The zero-order valence-corrected chi connectivity index (χ0v) is 13.1. The Morgan fingerprint density at radius 3 is 2.30 bits per heavy atom. The van der Waals surface area contributed by atoms with Crippen LogP contribution in [0.4, 0.5) is 0 Å². The first-order chi connectivity index (χ1) is 11.1. The lowest BCUT2D eigenvalue weighted by Crippen LogP contribution is -2.02. The molecule has 4 aromatic carbocycles. The van der Waals surface area contributed by atoms with Crippen LogP contribution in [0, 0.1) is 6.92 Å². The molecule has 0 aromatic heterocycles. The Hall–Kier alpha value is -2.87. The van der Waals surface area contributed by atoms with Crippen LogP contribution >= 0.6 is 0 Å². The van der Waals surface area contributed by atoms with Crippen LogP contribution in [0.1, 0.15) is 12.5 Å². The number of carbonyl (C=O) groups is 1. The number of hydrogen-bond acceptors (Lipinski definition) is 2. The summed E-state index contributed by atoms with van der Waals surface area (Å²) in [4.78, 5) is 11.6. The lowest BCUT2D eigenvalue weighted by molar-refractivity contribution is -0.131. The molecule has 0 aliphatic carbocycles. The smallest absolute Gasteiger partial charge is 0.308 e. The first-order valence-electron chi connectivity index (χ1n) is 7.67. The number of benzene rings is 4. The van der Waals surface area contributed by atoms with Crippen molar-refractivity contribution in [1.82, 2.24) is 0 Å². The Kier molecular flexibility index (Phi) is 3.05. The number of ether oxygens (including phenoxy) is 1. The van der Waals surface area contributed by atoms with Crippen molar-refractivity contribution in [2.45, 2.75) is 13.8 Å². The van der Waals surface area contributed by atoms with E-state index < -0.39 is 0 Å². The first kappa shape index (κ1) is 13.8. The van der Waals surface area contributed by atoms with E-state index in [1.165, 1.54) is 17.9 Å². The molecule has 0 saturated carbocycles. The lowest BCUT2D eigenvalue weighted by atomic mass is 9.97. The van der Waals surface area contributed by atoms with Crippen LogP contribution in [0.2, 0.25) is 0 Å². The van der Waals surface area contributed by atoms with Crippen LogP contribution in [-0.4, -0.2) is 5.97 Å². The fourth-order valence-corrected chi connectivity index (χ4v) is 3.21. The SMILES string of the molecule is CC(=O)Oc1c2ccccc2cc2cc3c(C)cccc3cc12. The molecule has 0 aliphatic rings. The molecule has 2 nitrogen and oxygen atoms in total. The third-order valence-electron chi connectivity index (χ3n) is 4.28. The molecule has 23 heavy (non-hydrogen) atoms. The number of rotatable bonds is 1. The number of hydrogen-bond donors (Lipinski definition) is 0. The van der Waals surface area contributed by atoms with E-state index in [4.69, 9.17) is 4.74 Å². The summed E-state index contributed by atoms with van der Waals surface area (Å²) in [5.74, 6) is 0.348. The maximum atomic E-state index is 11.6. The van der Waals surface area contributed by atoms with Gasteiger partial charge < -0.3 is 4.74 Å². The van der Waals surface area contributed by atoms with Crippen LogP contribution in [0.3, 0.4) is 0 Å². The van der Waals surface area contributed by atoms with Crippen molar-refractivity contribution >= 4 is 38.3 Å². The van der Waals surface area contributed by atoms with Gasteiger partial charge in [0, 0.05) is 17.7 Å². The van der Waals surface area contributed by atoms with E-state index in [1.807, 2.05) is 24.3 Å². The first-order valence-corrected chi connectivity index (χ1v) is 7.67. The highest BCUT2D eigenvalue weighted by atomic mass is 16.5. The zero-order chi connectivity index (χ0) is 16.0. The average molecular weight is 300 g/mol. The van der Waals surface area contributed by atoms with Gasteiger partial charge in [0.2, 0.25) is 0 Å². The molecule has 0 atom stereocenters.